The van der Waals surface area contributed by atoms with Crippen LogP contribution < -0.4 is 0 Å². The van der Waals surface area contributed by atoms with E-state index in [0.717, 1.165) is 48.9 Å². The number of benzene rings is 1. The Labute approximate surface area is 130 Å². The Bertz CT molecular complexity index is 670. The number of phenolic OH excluding ortho intramolecular Hbond substituents is 1. The average molecular weight is 301 g/mol. The number of aromatic hydroxyl groups is 1. The normalized spacial score (nSPS) is 17.4. The molecule has 0 spiro atoms. The smallest absolute Gasteiger partial charge is 0.166 e. The highest BCUT2D eigenvalue weighted by atomic mass is 16.3. The van der Waals surface area contributed by atoms with E-state index in [1.165, 1.54) is 0 Å². The molecule has 0 radical (unpaired) electrons. The first kappa shape index (κ1) is 15.1. The number of carbonyl (C=O) groups excluding carboxylic acids is 1. The summed E-state index contributed by atoms with van der Waals surface area (Å²) in [5.74, 6) is 0.301. The zero-order valence-corrected chi connectivity index (χ0v) is 13.2. The van der Waals surface area contributed by atoms with Gasteiger partial charge in [-0.3, -0.25) is 14.6 Å². The molecule has 2 N–H and O–H groups in total. The summed E-state index contributed by atoms with van der Waals surface area (Å²) >= 11 is 0. The number of piperazine rings is 1. The second-order valence-electron chi connectivity index (χ2n) is 6.27. The van der Waals surface area contributed by atoms with Crippen molar-refractivity contribution in [2.24, 2.45) is 0 Å². The van der Waals surface area contributed by atoms with Crippen LogP contribution in [-0.4, -0.2) is 58.4 Å². The number of hydrogen-bond acceptors (Lipinski definition) is 4. The van der Waals surface area contributed by atoms with Crippen LogP contribution in [0.4, 0.5) is 0 Å². The number of fused-ring (bicyclic) bond motifs is 1. The molecule has 0 unspecified atom stereocenters. The zero-order chi connectivity index (χ0) is 15.7. The molecule has 5 nitrogen and oxygen atoms in total. The van der Waals surface area contributed by atoms with Gasteiger partial charge in [0.1, 0.15) is 5.75 Å². The molecule has 2 aromatic rings. The Morgan fingerprint density at radius 2 is 2.00 bits per heavy atom. The summed E-state index contributed by atoms with van der Waals surface area (Å²) in [6.45, 7) is 9.28. The lowest BCUT2D eigenvalue weighted by Gasteiger charge is -2.37. The minimum Gasteiger partial charge on any atom is -0.508 e. The lowest BCUT2D eigenvalue weighted by atomic mass is 10.1. The van der Waals surface area contributed by atoms with E-state index in [0.29, 0.717) is 24.0 Å². The molecule has 1 fully saturated rings. The van der Waals surface area contributed by atoms with Crippen molar-refractivity contribution in [3.8, 4) is 5.75 Å². The van der Waals surface area contributed by atoms with Gasteiger partial charge in [-0.05, 0) is 32.0 Å². The van der Waals surface area contributed by atoms with Gasteiger partial charge in [-0.1, -0.05) is 0 Å². The molecule has 1 aliphatic heterocycles. The molecule has 0 atom stereocenters. The number of aldehydes is 1. The van der Waals surface area contributed by atoms with Crippen LogP contribution in [0, 0.1) is 0 Å². The van der Waals surface area contributed by atoms with Gasteiger partial charge in [0.15, 0.2) is 6.29 Å². The SMILES string of the molecule is CC(C)N1CCN(Cc2c(O)ccc3[nH]c(C=O)cc23)CC1. The predicted octanol–water partition coefficient (Wildman–Crippen LogP) is 2.21. The second kappa shape index (κ2) is 6.10. The largest absolute Gasteiger partial charge is 0.508 e. The molecular weight excluding hydrogens is 278 g/mol. The summed E-state index contributed by atoms with van der Waals surface area (Å²) in [5, 5.41) is 11.2. The van der Waals surface area contributed by atoms with Gasteiger partial charge < -0.3 is 10.1 Å². The number of nitrogens with zero attached hydrogens (tertiary/aromatic N) is 2. The number of hydrogen-bond donors (Lipinski definition) is 2. The highest BCUT2D eigenvalue weighted by Crippen LogP contribution is 2.29. The molecule has 0 bridgehead atoms. The monoisotopic (exact) mass is 301 g/mol. The van der Waals surface area contributed by atoms with Crippen LogP contribution in [0.2, 0.25) is 0 Å². The van der Waals surface area contributed by atoms with Crippen LogP contribution in [0.5, 0.6) is 5.75 Å². The van der Waals surface area contributed by atoms with Crippen LogP contribution in [0.3, 0.4) is 0 Å². The van der Waals surface area contributed by atoms with Crippen LogP contribution in [0.1, 0.15) is 29.9 Å². The first-order valence-corrected chi connectivity index (χ1v) is 7.83. The molecule has 1 aliphatic rings. The van der Waals surface area contributed by atoms with E-state index in [-0.39, 0.29) is 0 Å². The van der Waals surface area contributed by atoms with Crippen LogP contribution in [0.25, 0.3) is 10.9 Å². The third kappa shape index (κ3) is 2.87. The standard InChI is InChI=1S/C17H23N3O2/c1-12(2)20-7-5-19(6-8-20)10-15-14-9-13(11-21)18-16(14)3-4-17(15)22/h3-4,9,11-12,18,22H,5-8,10H2,1-2H3. The van der Waals surface area contributed by atoms with Crippen LogP contribution in [0.15, 0.2) is 18.2 Å². The molecule has 0 amide bonds. The number of rotatable bonds is 4. The third-order valence-electron chi connectivity index (χ3n) is 4.56. The summed E-state index contributed by atoms with van der Waals surface area (Å²) in [7, 11) is 0. The summed E-state index contributed by atoms with van der Waals surface area (Å²) in [5.41, 5.74) is 2.35. The summed E-state index contributed by atoms with van der Waals surface area (Å²) < 4.78 is 0. The molecule has 3 rings (SSSR count). The molecule has 5 heteroatoms. The van der Waals surface area contributed by atoms with Gasteiger partial charge in [-0.15, -0.1) is 0 Å². The number of nitrogens with one attached hydrogen (secondary N) is 1. The molecule has 1 aromatic carbocycles. The Balaban J connectivity index is 1.80. The maximum atomic E-state index is 11.0. The van der Waals surface area contributed by atoms with Gasteiger partial charge in [0.2, 0.25) is 0 Å². The number of aromatic nitrogens is 1. The van der Waals surface area contributed by atoms with Crippen molar-refractivity contribution in [3.63, 3.8) is 0 Å². The minimum atomic E-state index is 0.301. The van der Waals surface area contributed by atoms with Crippen molar-refractivity contribution in [1.29, 1.82) is 0 Å². The van der Waals surface area contributed by atoms with Gasteiger partial charge in [0.05, 0.1) is 5.69 Å². The lowest BCUT2D eigenvalue weighted by Crippen LogP contribution is -2.48. The van der Waals surface area contributed by atoms with E-state index < -0.39 is 0 Å². The van der Waals surface area contributed by atoms with Gasteiger partial charge >= 0.3 is 0 Å². The van der Waals surface area contributed by atoms with E-state index >= 15 is 0 Å². The molecule has 22 heavy (non-hydrogen) atoms. The van der Waals surface area contributed by atoms with Crippen molar-refractivity contribution in [3.05, 3.63) is 29.5 Å². The minimum absolute atomic E-state index is 0.301. The maximum Gasteiger partial charge on any atom is 0.166 e. The molecule has 1 aromatic heterocycles. The van der Waals surface area contributed by atoms with Crippen molar-refractivity contribution in [2.45, 2.75) is 26.4 Å². The van der Waals surface area contributed by atoms with Crippen molar-refractivity contribution < 1.29 is 9.90 Å². The van der Waals surface area contributed by atoms with Crippen LogP contribution >= 0.6 is 0 Å². The van der Waals surface area contributed by atoms with Gasteiger partial charge in [-0.25, -0.2) is 0 Å². The fraction of sp³-hybridized carbons (Fsp3) is 0.471. The summed E-state index contributed by atoms with van der Waals surface area (Å²) in [6, 6.07) is 5.92. The Hall–Kier alpha value is -1.85. The molecule has 2 heterocycles. The average Bonchev–Trinajstić information content (AvgIpc) is 2.94. The molecule has 0 saturated carbocycles. The quantitative estimate of drug-likeness (QED) is 0.850. The van der Waals surface area contributed by atoms with Crippen LogP contribution in [-0.2, 0) is 6.54 Å². The number of aromatic amines is 1. The summed E-state index contributed by atoms with van der Waals surface area (Å²) in [4.78, 5) is 18.9. The van der Waals surface area contributed by atoms with E-state index in [4.69, 9.17) is 0 Å². The van der Waals surface area contributed by atoms with E-state index in [2.05, 4.69) is 28.6 Å². The van der Waals surface area contributed by atoms with E-state index in [1.54, 1.807) is 6.07 Å². The first-order valence-electron chi connectivity index (χ1n) is 7.83. The zero-order valence-electron chi connectivity index (χ0n) is 13.2. The lowest BCUT2D eigenvalue weighted by molar-refractivity contribution is 0.104. The van der Waals surface area contributed by atoms with E-state index in [9.17, 15) is 9.90 Å². The Kier molecular flexibility index (Phi) is 4.18. The van der Waals surface area contributed by atoms with Crippen molar-refractivity contribution >= 4 is 17.2 Å². The molecular formula is C17H23N3O2. The van der Waals surface area contributed by atoms with E-state index in [1.807, 2.05) is 12.1 Å². The Morgan fingerprint density at radius 1 is 1.27 bits per heavy atom. The number of carbonyl (C=O) groups is 1. The summed E-state index contributed by atoms with van der Waals surface area (Å²) in [6.07, 6.45) is 0.808. The topological polar surface area (TPSA) is 59.6 Å². The first-order chi connectivity index (χ1) is 10.6. The third-order valence-corrected chi connectivity index (χ3v) is 4.56. The highest BCUT2D eigenvalue weighted by Gasteiger charge is 2.20. The van der Waals surface area contributed by atoms with Crippen molar-refractivity contribution in [1.82, 2.24) is 14.8 Å². The Morgan fingerprint density at radius 3 is 2.64 bits per heavy atom. The van der Waals surface area contributed by atoms with Gasteiger partial charge in [-0.2, -0.15) is 0 Å². The number of H-pyrrole nitrogens is 1. The fourth-order valence-corrected chi connectivity index (χ4v) is 3.17. The van der Waals surface area contributed by atoms with Gasteiger partial charge in [0.25, 0.3) is 0 Å². The fourth-order valence-electron chi connectivity index (χ4n) is 3.17. The molecule has 0 aliphatic carbocycles. The second-order valence-corrected chi connectivity index (χ2v) is 6.27. The van der Waals surface area contributed by atoms with Gasteiger partial charge in [0, 0.05) is 55.2 Å². The number of phenols is 1. The molecule has 1 saturated heterocycles. The maximum absolute atomic E-state index is 11.0. The highest BCUT2D eigenvalue weighted by molar-refractivity contribution is 5.91. The molecule has 118 valence electrons. The van der Waals surface area contributed by atoms with Crippen molar-refractivity contribution in [2.75, 3.05) is 26.2 Å². The predicted molar refractivity (Wildman–Crippen MR) is 87.3 cm³/mol.